The molecule has 2 heterocycles. The van der Waals surface area contributed by atoms with Crippen molar-refractivity contribution in [2.45, 2.75) is 12.6 Å². The van der Waals surface area contributed by atoms with E-state index in [-0.39, 0.29) is 19.1 Å². The summed E-state index contributed by atoms with van der Waals surface area (Å²) >= 11 is 0. The standard InChI is InChI=1S/C10H13FN2O2/c11-8-6-13(7-8)10(14)12-4-3-9-2-1-5-15-9/h1-2,5,8H,3-4,6-7H2,(H,12,14). The number of furan rings is 1. The lowest BCUT2D eigenvalue weighted by Gasteiger charge is -2.34. The molecule has 0 aromatic carbocycles. The first-order valence-corrected chi connectivity index (χ1v) is 4.95. The molecule has 15 heavy (non-hydrogen) atoms. The van der Waals surface area contributed by atoms with Crippen LogP contribution in [0.1, 0.15) is 5.76 Å². The summed E-state index contributed by atoms with van der Waals surface area (Å²) in [7, 11) is 0. The Hall–Kier alpha value is -1.52. The Morgan fingerprint density at radius 1 is 1.67 bits per heavy atom. The van der Waals surface area contributed by atoms with Gasteiger partial charge in [0.25, 0.3) is 0 Å². The Balaban J connectivity index is 1.64. The number of likely N-dealkylation sites (tertiary alicyclic amines) is 1. The number of carbonyl (C=O) groups excluding carboxylic acids is 1. The van der Waals surface area contributed by atoms with Gasteiger partial charge in [-0.1, -0.05) is 0 Å². The van der Waals surface area contributed by atoms with Crippen LogP contribution in [0.4, 0.5) is 9.18 Å². The third kappa shape index (κ3) is 2.49. The molecule has 1 aliphatic rings. The highest BCUT2D eigenvalue weighted by atomic mass is 19.1. The van der Waals surface area contributed by atoms with Gasteiger partial charge >= 0.3 is 6.03 Å². The van der Waals surface area contributed by atoms with Gasteiger partial charge in [-0.2, -0.15) is 0 Å². The van der Waals surface area contributed by atoms with Gasteiger partial charge in [-0.05, 0) is 12.1 Å². The predicted molar refractivity (Wildman–Crippen MR) is 52.3 cm³/mol. The van der Waals surface area contributed by atoms with E-state index in [1.807, 2.05) is 6.07 Å². The maximum Gasteiger partial charge on any atom is 0.317 e. The minimum Gasteiger partial charge on any atom is -0.469 e. The zero-order valence-corrected chi connectivity index (χ0v) is 8.28. The monoisotopic (exact) mass is 212 g/mol. The summed E-state index contributed by atoms with van der Waals surface area (Å²) in [5.41, 5.74) is 0. The second-order valence-corrected chi connectivity index (χ2v) is 3.56. The van der Waals surface area contributed by atoms with Gasteiger partial charge in [-0.15, -0.1) is 0 Å². The highest BCUT2D eigenvalue weighted by molar-refractivity contribution is 5.75. The average molecular weight is 212 g/mol. The summed E-state index contributed by atoms with van der Waals surface area (Å²) in [6, 6.07) is 3.46. The second kappa shape index (κ2) is 4.33. The Bertz CT molecular complexity index is 320. The highest BCUT2D eigenvalue weighted by Gasteiger charge is 2.29. The first-order valence-electron chi connectivity index (χ1n) is 4.95. The predicted octanol–water partition coefficient (Wildman–Crippen LogP) is 1.19. The number of nitrogens with zero attached hydrogens (tertiary/aromatic N) is 1. The fraction of sp³-hybridized carbons (Fsp3) is 0.500. The van der Waals surface area contributed by atoms with Crippen LogP contribution in [0.3, 0.4) is 0 Å². The Labute approximate surface area is 87.0 Å². The van der Waals surface area contributed by atoms with Crippen molar-refractivity contribution in [2.24, 2.45) is 0 Å². The first-order chi connectivity index (χ1) is 7.25. The molecular weight excluding hydrogens is 199 g/mol. The molecule has 2 amide bonds. The summed E-state index contributed by atoms with van der Waals surface area (Å²) in [4.78, 5) is 12.8. The van der Waals surface area contributed by atoms with E-state index in [2.05, 4.69) is 5.32 Å². The van der Waals surface area contributed by atoms with Crippen molar-refractivity contribution in [1.29, 1.82) is 0 Å². The number of carbonyl (C=O) groups is 1. The lowest BCUT2D eigenvalue weighted by atomic mass is 10.2. The van der Waals surface area contributed by atoms with E-state index in [9.17, 15) is 9.18 Å². The summed E-state index contributed by atoms with van der Waals surface area (Å²) in [5.74, 6) is 0.835. The van der Waals surface area contributed by atoms with E-state index >= 15 is 0 Å². The molecule has 0 bridgehead atoms. The molecule has 0 unspecified atom stereocenters. The first kappa shape index (κ1) is 10.0. The van der Waals surface area contributed by atoms with Gasteiger partial charge in [0.1, 0.15) is 11.9 Å². The zero-order chi connectivity index (χ0) is 10.7. The van der Waals surface area contributed by atoms with Crippen LogP contribution in [-0.2, 0) is 6.42 Å². The second-order valence-electron chi connectivity index (χ2n) is 3.56. The number of alkyl halides is 1. The molecule has 5 heteroatoms. The number of nitrogens with one attached hydrogen (secondary N) is 1. The van der Waals surface area contributed by atoms with Crippen LogP contribution in [0, 0.1) is 0 Å². The molecule has 0 saturated carbocycles. The molecule has 0 spiro atoms. The van der Waals surface area contributed by atoms with Crippen LogP contribution in [0.25, 0.3) is 0 Å². The molecule has 1 saturated heterocycles. The van der Waals surface area contributed by atoms with Crippen molar-refractivity contribution in [3.05, 3.63) is 24.2 Å². The third-order valence-corrected chi connectivity index (χ3v) is 2.35. The Morgan fingerprint density at radius 2 is 2.47 bits per heavy atom. The molecular formula is C10H13FN2O2. The van der Waals surface area contributed by atoms with Crippen LogP contribution in [0.2, 0.25) is 0 Å². The number of hydrogen-bond donors (Lipinski definition) is 1. The van der Waals surface area contributed by atoms with Gasteiger partial charge in [0.15, 0.2) is 0 Å². The Kier molecular flexibility index (Phi) is 2.89. The lowest BCUT2D eigenvalue weighted by molar-refractivity contribution is 0.0899. The topological polar surface area (TPSA) is 45.5 Å². The normalized spacial score (nSPS) is 16.2. The van der Waals surface area contributed by atoms with Crippen molar-refractivity contribution in [2.75, 3.05) is 19.6 Å². The summed E-state index contributed by atoms with van der Waals surface area (Å²) in [6.07, 6.45) is 1.41. The van der Waals surface area contributed by atoms with Gasteiger partial charge < -0.3 is 14.6 Å². The molecule has 0 atom stereocenters. The largest absolute Gasteiger partial charge is 0.469 e. The van der Waals surface area contributed by atoms with Gasteiger partial charge in [0.2, 0.25) is 0 Å². The van der Waals surface area contributed by atoms with E-state index in [0.29, 0.717) is 13.0 Å². The SMILES string of the molecule is O=C(NCCc1ccco1)N1CC(F)C1. The Morgan fingerprint density at radius 3 is 3.07 bits per heavy atom. The average Bonchev–Trinajstić information content (AvgIpc) is 2.65. The number of urea groups is 1. The van der Waals surface area contributed by atoms with Crippen molar-refractivity contribution in [1.82, 2.24) is 10.2 Å². The third-order valence-electron chi connectivity index (χ3n) is 2.35. The highest BCUT2D eigenvalue weighted by Crippen LogP contribution is 2.10. The smallest absolute Gasteiger partial charge is 0.317 e. The van der Waals surface area contributed by atoms with Gasteiger partial charge in [0, 0.05) is 13.0 Å². The van der Waals surface area contributed by atoms with Gasteiger partial charge in [0.05, 0.1) is 19.4 Å². The number of amides is 2. The molecule has 2 rings (SSSR count). The number of rotatable bonds is 3. The van der Waals surface area contributed by atoms with Crippen LogP contribution < -0.4 is 5.32 Å². The van der Waals surface area contributed by atoms with Crippen molar-refractivity contribution in [3.8, 4) is 0 Å². The van der Waals surface area contributed by atoms with Crippen LogP contribution in [0.15, 0.2) is 22.8 Å². The molecule has 4 nitrogen and oxygen atoms in total. The summed E-state index contributed by atoms with van der Waals surface area (Å²) in [5, 5.41) is 2.70. The molecule has 1 aromatic rings. The lowest BCUT2D eigenvalue weighted by Crippen LogP contribution is -2.55. The fourth-order valence-corrected chi connectivity index (χ4v) is 1.45. The maximum atomic E-state index is 12.4. The molecule has 0 aliphatic carbocycles. The van der Waals surface area contributed by atoms with Gasteiger partial charge in [-0.25, -0.2) is 9.18 Å². The quantitative estimate of drug-likeness (QED) is 0.817. The molecule has 82 valence electrons. The van der Waals surface area contributed by atoms with E-state index < -0.39 is 6.17 Å². The number of halogens is 1. The molecule has 1 fully saturated rings. The van der Waals surface area contributed by atoms with E-state index in [1.165, 1.54) is 4.90 Å². The minimum absolute atomic E-state index is 0.199. The summed E-state index contributed by atoms with van der Waals surface area (Å²) < 4.78 is 17.5. The molecule has 1 aromatic heterocycles. The molecule has 0 radical (unpaired) electrons. The van der Waals surface area contributed by atoms with Crippen molar-refractivity contribution >= 4 is 6.03 Å². The van der Waals surface area contributed by atoms with E-state index in [0.717, 1.165) is 5.76 Å². The molecule has 1 aliphatic heterocycles. The zero-order valence-electron chi connectivity index (χ0n) is 8.28. The van der Waals surface area contributed by atoms with Crippen LogP contribution in [0.5, 0.6) is 0 Å². The number of hydrogen-bond acceptors (Lipinski definition) is 2. The minimum atomic E-state index is -0.846. The summed E-state index contributed by atoms with van der Waals surface area (Å²) in [6.45, 7) is 0.943. The van der Waals surface area contributed by atoms with Crippen molar-refractivity contribution < 1.29 is 13.6 Å². The fourth-order valence-electron chi connectivity index (χ4n) is 1.45. The van der Waals surface area contributed by atoms with Gasteiger partial charge in [-0.3, -0.25) is 0 Å². The molecule has 1 N–H and O–H groups in total. The van der Waals surface area contributed by atoms with Crippen LogP contribution in [-0.4, -0.2) is 36.7 Å². The van der Waals surface area contributed by atoms with Crippen LogP contribution >= 0.6 is 0 Å². The van der Waals surface area contributed by atoms with Crippen molar-refractivity contribution in [3.63, 3.8) is 0 Å². The maximum absolute atomic E-state index is 12.4. The van der Waals surface area contributed by atoms with E-state index in [4.69, 9.17) is 4.42 Å². The van der Waals surface area contributed by atoms with E-state index in [1.54, 1.807) is 12.3 Å².